The van der Waals surface area contributed by atoms with Crippen molar-refractivity contribution in [3.8, 4) is 0 Å². The zero-order valence-corrected chi connectivity index (χ0v) is 17.3. The predicted octanol–water partition coefficient (Wildman–Crippen LogP) is 5.95. The van der Waals surface area contributed by atoms with Crippen LogP contribution in [0.5, 0.6) is 0 Å². The van der Waals surface area contributed by atoms with E-state index in [4.69, 9.17) is 16.6 Å². The van der Waals surface area contributed by atoms with E-state index in [1.54, 1.807) is 0 Å². The van der Waals surface area contributed by atoms with Gasteiger partial charge in [0, 0.05) is 28.5 Å². The molecule has 7 rings (SSSR count). The molecule has 4 saturated carbocycles. The third kappa shape index (κ3) is 3.16. The van der Waals surface area contributed by atoms with Gasteiger partial charge in [-0.15, -0.1) is 0 Å². The summed E-state index contributed by atoms with van der Waals surface area (Å²) in [4.78, 5) is 8.27. The quantitative estimate of drug-likeness (QED) is 0.650. The lowest BCUT2D eigenvalue weighted by Crippen LogP contribution is -2.57. The maximum absolute atomic E-state index is 6.12. The molecule has 0 atom stereocenters. The molecule has 4 aliphatic carbocycles. The fourth-order valence-corrected chi connectivity index (χ4v) is 6.67. The third-order valence-electron chi connectivity index (χ3n) is 7.38. The highest BCUT2D eigenvalue weighted by molar-refractivity contribution is 6.30. The Morgan fingerprint density at radius 1 is 1.00 bits per heavy atom. The molecular weight excluding hydrogens is 378 g/mol. The van der Waals surface area contributed by atoms with Crippen molar-refractivity contribution < 1.29 is 0 Å². The standard InChI is InChI=1S/C25H26ClN3/c26-20-5-3-19(4-6-20)21-11-23(22-2-1-7-27-22)29-24(21)15-28-25-12-16-8-17(13-25)10-18(9-16)14-25/h1-7,11,15-18,27-28H,8-10,12-14H2/b24-15-. The van der Waals surface area contributed by atoms with E-state index in [2.05, 4.69) is 40.8 Å². The van der Waals surface area contributed by atoms with E-state index in [9.17, 15) is 0 Å². The molecule has 2 aromatic rings. The first-order valence-corrected chi connectivity index (χ1v) is 11.2. The number of aromatic nitrogens is 1. The van der Waals surface area contributed by atoms with Crippen LogP contribution in [0.3, 0.4) is 0 Å². The SMILES string of the molecule is Clc1ccc(C2=CC(c3ccc[nH]3)=N/C2=C\NC23CC4CC(CC(C4)C2)C3)cc1. The molecule has 1 aromatic carbocycles. The minimum atomic E-state index is 0.289. The minimum absolute atomic E-state index is 0.289. The van der Waals surface area contributed by atoms with Gasteiger partial charge in [0.1, 0.15) is 0 Å². The number of halogens is 1. The summed E-state index contributed by atoms with van der Waals surface area (Å²) in [5.74, 6) is 2.79. The summed E-state index contributed by atoms with van der Waals surface area (Å²) in [5, 5.41) is 4.66. The Bertz CT molecular complexity index is 976. The molecular formula is C25H26ClN3. The van der Waals surface area contributed by atoms with Crippen LogP contribution in [-0.4, -0.2) is 16.2 Å². The molecule has 0 radical (unpaired) electrons. The molecule has 29 heavy (non-hydrogen) atoms. The zero-order chi connectivity index (χ0) is 19.4. The molecule has 0 spiro atoms. The molecule has 3 nitrogen and oxygen atoms in total. The number of rotatable bonds is 4. The largest absolute Gasteiger partial charge is 0.384 e. The maximum Gasteiger partial charge on any atom is 0.0879 e. The van der Waals surface area contributed by atoms with Crippen molar-refractivity contribution in [3.05, 3.63) is 76.8 Å². The van der Waals surface area contributed by atoms with Crippen LogP contribution in [0.25, 0.3) is 5.57 Å². The number of nitrogens with zero attached hydrogens (tertiary/aromatic N) is 1. The van der Waals surface area contributed by atoms with Crippen molar-refractivity contribution in [2.75, 3.05) is 0 Å². The van der Waals surface area contributed by atoms with Gasteiger partial charge in [-0.3, -0.25) is 0 Å². The molecule has 0 saturated heterocycles. The Labute approximate surface area is 177 Å². The highest BCUT2D eigenvalue weighted by Crippen LogP contribution is 2.55. The monoisotopic (exact) mass is 403 g/mol. The van der Waals surface area contributed by atoms with Gasteiger partial charge < -0.3 is 10.3 Å². The number of hydrogen-bond acceptors (Lipinski definition) is 2. The summed E-state index contributed by atoms with van der Waals surface area (Å²) in [6.07, 6.45) is 14.7. The number of hydrogen-bond donors (Lipinski definition) is 2. The molecule has 4 heteroatoms. The van der Waals surface area contributed by atoms with Crippen molar-refractivity contribution in [2.24, 2.45) is 22.7 Å². The average Bonchev–Trinajstić information content (AvgIpc) is 3.36. The lowest BCUT2D eigenvalue weighted by molar-refractivity contribution is -0.0130. The summed E-state index contributed by atoms with van der Waals surface area (Å²) in [5.41, 5.74) is 5.65. The van der Waals surface area contributed by atoms with Gasteiger partial charge in [0.15, 0.2) is 0 Å². The van der Waals surface area contributed by atoms with E-state index in [0.29, 0.717) is 0 Å². The minimum Gasteiger partial charge on any atom is -0.384 e. The van der Waals surface area contributed by atoms with Gasteiger partial charge in [-0.1, -0.05) is 23.7 Å². The molecule has 0 unspecified atom stereocenters. The Hall–Kier alpha value is -2.26. The normalized spacial score (nSPS) is 33.8. The van der Waals surface area contributed by atoms with Gasteiger partial charge in [-0.2, -0.15) is 0 Å². The van der Waals surface area contributed by atoms with Crippen molar-refractivity contribution in [1.82, 2.24) is 10.3 Å². The Morgan fingerprint density at radius 2 is 1.69 bits per heavy atom. The van der Waals surface area contributed by atoms with E-state index in [0.717, 1.165) is 51.0 Å². The smallest absolute Gasteiger partial charge is 0.0879 e. The number of H-pyrrole nitrogens is 1. The van der Waals surface area contributed by atoms with Crippen LogP contribution >= 0.6 is 11.6 Å². The van der Waals surface area contributed by atoms with Crippen LogP contribution in [0.2, 0.25) is 5.02 Å². The number of allylic oxidation sites excluding steroid dienone is 2. The third-order valence-corrected chi connectivity index (χ3v) is 7.63. The summed E-state index contributed by atoms with van der Waals surface area (Å²) >= 11 is 6.12. The van der Waals surface area contributed by atoms with E-state index in [1.165, 1.54) is 38.5 Å². The Kier molecular flexibility index (Phi) is 4.02. The van der Waals surface area contributed by atoms with Crippen LogP contribution < -0.4 is 5.32 Å². The zero-order valence-electron chi connectivity index (χ0n) is 16.5. The molecule has 5 aliphatic rings. The number of nitrogens with one attached hydrogen (secondary N) is 2. The second kappa shape index (κ2) is 6.63. The van der Waals surface area contributed by atoms with Crippen molar-refractivity contribution in [3.63, 3.8) is 0 Å². The first-order chi connectivity index (χ1) is 14.2. The van der Waals surface area contributed by atoms with Gasteiger partial charge in [-0.05, 0) is 92.2 Å². The van der Waals surface area contributed by atoms with E-state index >= 15 is 0 Å². The van der Waals surface area contributed by atoms with Crippen molar-refractivity contribution in [1.29, 1.82) is 0 Å². The summed E-state index contributed by atoms with van der Waals surface area (Å²) in [7, 11) is 0. The summed E-state index contributed by atoms with van der Waals surface area (Å²) < 4.78 is 0. The molecule has 4 bridgehead atoms. The van der Waals surface area contributed by atoms with Gasteiger partial charge in [-0.25, -0.2) is 4.99 Å². The van der Waals surface area contributed by atoms with Crippen molar-refractivity contribution in [2.45, 2.75) is 44.1 Å². The lowest BCUT2D eigenvalue weighted by Gasteiger charge is -2.57. The highest BCUT2D eigenvalue weighted by Gasteiger charge is 2.50. The Morgan fingerprint density at radius 3 is 2.31 bits per heavy atom. The predicted molar refractivity (Wildman–Crippen MR) is 119 cm³/mol. The summed E-state index contributed by atoms with van der Waals surface area (Å²) in [6, 6.07) is 12.2. The number of aromatic amines is 1. The second-order valence-corrected chi connectivity index (χ2v) is 9.95. The molecule has 2 heterocycles. The topological polar surface area (TPSA) is 40.2 Å². The van der Waals surface area contributed by atoms with Crippen LogP contribution in [-0.2, 0) is 0 Å². The van der Waals surface area contributed by atoms with E-state index in [1.807, 2.05) is 24.4 Å². The fraction of sp³-hybridized carbons (Fsp3) is 0.400. The van der Waals surface area contributed by atoms with Gasteiger partial charge >= 0.3 is 0 Å². The molecule has 1 aromatic heterocycles. The van der Waals surface area contributed by atoms with E-state index < -0.39 is 0 Å². The first kappa shape index (κ1) is 17.6. The maximum atomic E-state index is 6.12. The second-order valence-electron chi connectivity index (χ2n) is 9.52. The van der Waals surface area contributed by atoms with Crippen LogP contribution in [0.1, 0.15) is 49.8 Å². The number of aliphatic imine (C=N–C) groups is 1. The van der Waals surface area contributed by atoms with Gasteiger partial charge in [0.25, 0.3) is 0 Å². The molecule has 2 N–H and O–H groups in total. The average molecular weight is 404 g/mol. The lowest BCUT2D eigenvalue weighted by atomic mass is 9.53. The van der Waals surface area contributed by atoms with Crippen LogP contribution in [0.15, 0.2) is 65.6 Å². The molecule has 0 amide bonds. The molecule has 148 valence electrons. The Balaban J connectivity index is 1.33. The van der Waals surface area contributed by atoms with E-state index in [-0.39, 0.29) is 5.54 Å². The van der Waals surface area contributed by atoms with Crippen LogP contribution in [0.4, 0.5) is 0 Å². The van der Waals surface area contributed by atoms with Gasteiger partial charge in [0.05, 0.1) is 17.1 Å². The van der Waals surface area contributed by atoms with Crippen molar-refractivity contribution >= 4 is 22.9 Å². The van der Waals surface area contributed by atoms with Gasteiger partial charge in [0.2, 0.25) is 0 Å². The number of benzene rings is 1. The first-order valence-electron chi connectivity index (χ1n) is 10.8. The van der Waals surface area contributed by atoms with Crippen LogP contribution in [0, 0.1) is 17.8 Å². The molecule has 1 aliphatic heterocycles. The highest BCUT2D eigenvalue weighted by atomic mass is 35.5. The molecule has 4 fully saturated rings. The summed E-state index contributed by atoms with van der Waals surface area (Å²) in [6.45, 7) is 0. The fourth-order valence-electron chi connectivity index (χ4n) is 6.54.